The molecule has 7 nitrogen and oxygen atoms in total. The topological polar surface area (TPSA) is 113 Å². The summed E-state index contributed by atoms with van der Waals surface area (Å²) in [5, 5.41) is 24.1. The normalized spacial score (nSPS) is 29.8. The average molecular weight is 460 g/mol. The van der Waals surface area contributed by atoms with Crippen LogP contribution in [0, 0.1) is 17.3 Å². The second kappa shape index (κ2) is 12.1. The Balaban J connectivity index is 2.22. The number of ketones is 1. The molecule has 182 valence electrons. The summed E-state index contributed by atoms with van der Waals surface area (Å²) in [6, 6.07) is 8.87. The Morgan fingerprint density at radius 3 is 2.42 bits per heavy atom. The number of benzene rings is 1. The van der Waals surface area contributed by atoms with Crippen molar-refractivity contribution in [2.24, 2.45) is 17.3 Å². The maximum absolute atomic E-state index is 13.1. The summed E-state index contributed by atoms with van der Waals surface area (Å²) in [6.07, 6.45) is 2.56. The molecule has 0 aromatic heterocycles. The van der Waals surface area contributed by atoms with Crippen LogP contribution in [-0.2, 0) is 19.1 Å². The molecular weight excluding hydrogens is 422 g/mol. The Labute approximate surface area is 196 Å². The summed E-state index contributed by atoms with van der Waals surface area (Å²) >= 11 is 0. The first kappa shape index (κ1) is 26.7. The third-order valence-electron chi connectivity index (χ3n) is 6.49. The third kappa shape index (κ3) is 7.51. The standard InChI is InChI=1S/C26H37NO6/c1-17-12-8-5-6-11-15-20(25(32)27-19-13-9-7-10-14-19)33-22(29)16-21(28)26(3,4)24(31)18(2)23(17)30/h6-7,9-11,13-14,17-18,20-21,23,28,30H,5,8,12,15-16H2,1-4H3,(H,27,32)/t17-,18+,20?,21+,23-/m1/s1. The first-order chi connectivity index (χ1) is 15.5. The van der Waals surface area contributed by atoms with Gasteiger partial charge in [-0.25, -0.2) is 0 Å². The van der Waals surface area contributed by atoms with Gasteiger partial charge in [-0.2, -0.15) is 0 Å². The first-order valence-corrected chi connectivity index (χ1v) is 11.6. The molecule has 0 fully saturated rings. The van der Waals surface area contributed by atoms with E-state index in [4.69, 9.17) is 4.74 Å². The van der Waals surface area contributed by atoms with E-state index in [0.29, 0.717) is 5.69 Å². The maximum atomic E-state index is 13.1. The van der Waals surface area contributed by atoms with Gasteiger partial charge in [0.25, 0.3) is 5.91 Å². The minimum Gasteiger partial charge on any atom is -0.452 e. The zero-order chi connectivity index (χ0) is 24.6. The van der Waals surface area contributed by atoms with Gasteiger partial charge in [0, 0.05) is 18.0 Å². The third-order valence-corrected chi connectivity index (χ3v) is 6.49. The van der Waals surface area contributed by atoms with Gasteiger partial charge in [-0.15, -0.1) is 0 Å². The van der Waals surface area contributed by atoms with Gasteiger partial charge in [0.2, 0.25) is 0 Å². The van der Waals surface area contributed by atoms with Crippen molar-refractivity contribution in [2.45, 2.75) is 78.1 Å². The van der Waals surface area contributed by atoms with Crippen molar-refractivity contribution in [3.05, 3.63) is 42.5 Å². The van der Waals surface area contributed by atoms with Gasteiger partial charge < -0.3 is 20.3 Å². The van der Waals surface area contributed by atoms with Gasteiger partial charge in [-0.3, -0.25) is 14.4 Å². The monoisotopic (exact) mass is 459 g/mol. The summed E-state index contributed by atoms with van der Waals surface area (Å²) in [5.41, 5.74) is -0.680. The molecule has 1 unspecified atom stereocenters. The quantitative estimate of drug-likeness (QED) is 0.460. The van der Waals surface area contributed by atoms with Crippen molar-refractivity contribution in [1.82, 2.24) is 0 Å². The highest BCUT2D eigenvalue weighted by molar-refractivity contribution is 5.95. The molecule has 1 heterocycles. The largest absolute Gasteiger partial charge is 0.452 e. The van der Waals surface area contributed by atoms with Crippen LogP contribution in [0.5, 0.6) is 0 Å². The molecule has 0 aliphatic carbocycles. The fourth-order valence-electron chi connectivity index (χ4n) is 4.04. The van der Waals surface area contributed by atoms with Crippen LogP contribution < -0.4 is 5.32 Å². The number of allylic oxidation sites excluding steroid dienone is 1. The number of Topliss-reactive ketones (excluding diaryl/α,β-unsaturated/α-hetero) is 1. The summed E-state index contributed by atoms with van der Waals surface area (Å²) < 4.78 is 5.43. The van der Waals surface area contributed by atoms with Crippen molar-refractivity contribution >= 4 is 23.3 Å². The van der Waals surface area contributed by atoms with E-state index in [9.17, 15) is 24.6 Å². The molecule has 1 aromatic rings. The van der Waals surface area contributed by atoms with Crippen molar-refractivity contribution in [3.63, 3.8) is 0 Å². The number of para-hydroxylation sites is 1. The van der Waals surface area contributed by atoms with E-state index in [0.717, 1.165) is 19.3 Å². The van der Waals surface area contributed by atoms with Crippen LogP contribution in [0.3, 0.4) is 0 Å². The van der Waals surface area contributed by atoms with E-state index in [1.165, 1.54) is 0 Å². The van der Waals surface area contributed by atoms with Gasteiger partial charge >= 0.3 is 5.97 Å². The predicted octanol–water partition coefficient (Wildman–Crippen LogP) is 3.65. The Morgan fingerprint density at radius 1 is 1.09 bits per heavy atom. The molecule has 5 atom stereocenters. The molecular formula is C26H37NO6. The SMILES string of the molecule is C[C@@H]1CCCC=CCC(C(=O)Nc2ccccc2)OC(=O)C[C@H](O)C(C)(C)C(=O)[C@@H](C)[C@@H]1O. The predicted molar refractivity (Wildman–Crippen MR) is 126 cm³/mol. The molecule has 33 heavy (non-hydrogen) atoms. The molecule has 3 N–H and O–H groups in total. The molecule has 0 radical (unpaired) electrons. The van der Waals surface area contributed by atoms with Crippen molar-refractivity contribution < 1.29 is 29.3 Å². The number of cyclic esters (lactones) is 1. The van der Waals surface area contributed by atoms with Crippen LogP contribution in [-0.4, -0.2) is 46.2 Å². The average Bonchev–Trinajstić information content (AvgIpc) is 2.78. The van der Waals surface area contributed by atoms with Crippen molar-refractivity contribution in [1.29, 1.82) is 0 Å². The van der Waals surface area contributed by atoms with Crippen LogP contribution in [0.1, 0.15) is 59.8 Å². The number of aliphatic hydroxyl groups is 2. The number of hydrogen-bond acceptors (Lipinski definition) is 6. The zero-order valence-corrected chi connectivity index (χ0v) is 20.0. The second-order valence-corrected chi connectivity index (χ2v) is 9.53. The lowest BCUT2D eigenvalue weighted by Crippen LogP contribution is -2.46. The second-order valence-electron chi connectivity index (χ2n) is 9.53. The smallest absolute Gasteiger partial charge is 0.309 e. The number of ether oxygens (including phenoxy) is 1. The molecule has 1 aliphatic rings. The number of nitrogens with one attached hydrogen (secondary N) is 1. The van der Waals surface area contributed by atoms with Crippen molar-refractivity contribution in [2.75, 3.05) is 5.32 Å². The molecule has 0 saturated carbocycles. The molecule has 7 heteroatoms. The van der Waals surface area contributed by atoms with Gasteiger partial charge in [0.05, 0.1) is 24.0 Å². The number of aliphatic hydroxyl groups excluding tert-OH is 2. The van der Waals surface area contributed by atoms with Gasteiger partial charge in [0.15, 0.2) is 6.10 Å². The van der Waals surface area contributed by atoms with E-state index in [2.05, 4.69) is 5.32 Å². The lowest BCUT2D eigenvalue weighted by atomic mass is 9.73. The molecule has 0 saturated heterocycles. The lowest BCUT2D eigenvalue weighted by Gasteiger charge is -2.34. The Kier molecular flexibility index (Phi) is 9.80. The first-order valence-electron chi connectivity index (χ1n) is 11.6. The molecule has 1 aliphatic heterocycles. The number of hydrogen-bond donors (Lipinski definition) is 3. The van der Waals surface area contributed by atoms with E-state index in [1.54, 1.807) is 45.0 Å². The Hall–Kier alpha value is -2.51. The highest BCUT2D eigenvalue weighted by Gasteiger charge is 2.42. The molecule has 1 amide bonds. The molecule has 0 bridgehead atoms. The van der Waals surface area contributed by atoms with Crippen molar-refractivity contribution in [3.8, 4) is 0 Å². The molecule has 0 spiro atoms. The summed E-state index contributed by atoms with van der Waals surface area (Å²) in [6.45, 7) is 6.69. The number of anilines is 1. The van der Waals surface area contributed by atoms with Gasteiger partial charge in [0.1, 0.15) is 5.78 Å². The van der Waals surface area contributed by atoms with Gasteiger partial charge in [-0.1, -0.05) is 58.0 Å². The number of rotatable bonds is 2. The summed E-state index contributed by atoms with van der Waals surface area (Å²) in [4.78, 5) is 38.4. The highest BCUT2D eigenvalue weighted by Crippen LogP contribution is 2.32. The molecule has 1 aromatic carbocycles. The maximum Gasteiger partial charge on any atom is 0.309 e. The highest BCUT2D eigenvalue weighted by atomic mass is 16.5. The van der Waals surface area contributed by atoms with Crippen LogP contribution in [0.2, 0.25) is 0 Å². The fraction of sp³-hybridized carbons (Fsp3) is 0.577. The van der Waals surface area contributed by atoms with E-state index in [-0.39, 0.29) is 18.1 Å². The minimum absolute atomic E-state index is 0.0902. The number of esters is 1. The molecule has 2 rings (SSSR count). The van der Waals surface area contributed by atoms with E-state index < -0.39 is 47.9 Å². The van der Waals surface area contributed by atoms with Crippen LogP contribution in [0.25, 0.3) is 0 Å². The lowest BCUT2D eigenvalue weighted by molar-refractivity contribution is -0.159. The van der Waals surface area contributed by atoms with E-state index >= 15 is 0 Å². The summed E-state index contributed by atoms with van der Waals surface area (Å²) in [5.74, 6) is -2.32. The number of carbonyl (C=O) groups is 3. The van der Waals surface area contributed by atoms with Crippen LogP contribution >= 0.6 is 0 Å². The van der Waals surface area contributed by atoms with Gasteiger partial charge in [-0.05, 0) is 37.3 Å². The van der Waals surface area contributed by atoms with E-state index in [1.807, 2.05) is 25.1 Å². The van der Waals surface area contributed by atoms with Crippen LogP contribution in [0.4, 0.5) is 5.69 Å². The fourth-order valence-corrected chi connectivity index (χ4v) is 4.04. The Morgan fingerprint density at radius 2 is 1.76 bits per heavy atom. The Bertz CT molecular complexity index is 834. The minimum atomic E-state index is -1.32. The zero-order valence-electron chi connectivity index (χ0n) is 20.0. The number of amides is 1. The number of carbonyl (C=O) groups excluding carboxylic acids is 3. The summed E-state index contributed by atoms with van der Waals surface area (Å²) in [7, 11) is 0. The van der Waals surface area contributed by atoms with Crippen LogP contribution in [0.15, 0.2) is 42.5 Å².